The summed E-state index contributed by atoms with van der Waals surface area (Å²) in [5, 5.41) is 22.3. The first-order valence-electron chi connectivity index (χ1n) is 8.83. The van der Waals surface area contributed by atoms with Gasteiger partial charge < -0.3 is 10.4 Å². The quantitative estimate of drug-likeness (QED) is 0.750. The minimum Gasteiger partial charge on any atom is -0.393 e. The summed E-state index contributed by atoms with van der Waals surface area (Å²) in [5.74, 6) is 0.00584. The van der Waals surface area contributed by atoms with Crippen molar-refractivity contribution in [2.24, 2.45) is 20.0 Å². The summed E-state index contributed by atoms with van der Waals surface area (Å²) in [7, 11) is 3.70. The zero-order valence-electron chi connectivity index (χ0n) is 15.2. The Morgan fingerprint density at radius 3 is 2.77 bits per heavy atom. The Hall–Kier alpha value is -2.67. The third-order valence-corrected chi connectivity index (χ3v) is 5.21. The van der Waals surface area contributed by atoms with Gasteiger partial charge >= 0.3 is 0 Å². The molecule has 1 aliphatic carbocycles. The van der Waals surface area contributed by atoms with Gasteiger partial charge in [-0.25, -0.2) is 0 Å². The van der Waals surface area contributed by atoms with Crippen molar-refractivity contribution in [3.05, 3.63) is 47.4 Å². The zero-order chi connectivity index (χ0) is 18.4. The highest BCUT2D eigenvalue weighted by Gasteiger charge is 2.36. The Morgan fingerprint density at radius 2 is 2.12 bits per heavy atom. The number of aliphatic hydroxyl groups excluding tert-OH is 1. The van der Waals surface area contributed by atoms with Gasteiger partial charge in [-0.3, -0.25) is 14.2 Å². The SMILES string of the molecule is Cc1ccc2c(c1)c(C(=O)N[C@@H](c1cnn(C)c1)C1CC(O)C1)nn2C. The molecule has 2 aromatic heterocycles. The highest BCUT2D eigenvalue weighted by Crippen LogP contribution is 2.38. The molecule has 1 fully saturated rings. The van der Waals surface area contributed by atoms with Crippen LogP contribution >= 0.6 is 0 Å². The van der Waals surface area contributed by atoms with Gasteiger partial charge in [0.25, 0.3) is 5.91 Å². The van der Waals surface area contributed by atoms with Crippen molar-refractivity contribution in [1.29, 1.82) is 0 Å². The number of aromatic nitrogens is 4. The molecule has 2 N–H and O–H groups in total. The molecule has 7 nitrogen and oxygen atoms in total. The predicted molar refractivity (Wildman–Crippen MR) is 97.6 cm³/mol. The monoisotopic (exact) mass is 353 g/mol. The minimum absolute atomic E-state index is 0.179. The summed E-state index contributed by atoms with van der Waals surface area (Å²) in [6.45, 7) is 2.00. The third-order valence-electron chi connectivity index (χ3n) is 5.21. The van der Waals surface area contributed by atoms with Gasteiger partial charge in [0.05, 0.1) is 23.9 Å². The van der Waals surface area contributed by atoms with E-state index in [0.717, 1.165) is 22.0 Å². The number of fused-ring (bicyclic) bond motifs is 1. The van der Waals surface area contributed by atoms with E-state index in [4.69, 9.17) is 0 Å². The summed E-state index contributed by atoms with van der Waals surface area (Å²) in [5.41, 5.74) is 3.40. The Balaban J connectivity index is 1.66. The number of carbonyl (C=O) groups is 1. The fourth-order valence-corrected chi connectivity index (χ4v) is 3.73. The third kappa shape index (κ3) is 2.88. The Morgan fingerprint density at radius 1 is 1.35 bits per heavy atom. The molecule has 1 amide bonds. The maximum Gasteiger partial charge on any atom is 0.272 e. The zero-order valence-corrected chi connectivity index (χ0v) is 15.2. The molecule has 26 heavy (non-hydrogen) atoms. The van der Waals surface area contributed by atoms with Crippen LogP contribution in [0, 0.1) is 12.8 Å². The molecule has 0 unspecified atom stereocenters. The van der Waals surface area contributed by atoms with Gasteiger partial charge in [-0.15, -0.1) is 0 Å². The molecule has 0 saturated heterocycles. The highest BCUT2D eigenvalue weighted by molar-refractivity contribution is 6.05. The lowest BCUT2D eigenvalue weighted by Gasteiger charge is -2.37. The normalized spacial score (nSPS) is 20.8. The molecule has 1 saturated carbocycles. The van der Waals surface area contributed by atoms with Crippen molar-refractivity contribution in [2.75, 3.05) is 0 Å². The summed E-state index contributed by atoms with van der Waals surface area (Å²) in [6, 6.07) is 5.81. The number of nitrogens with one attached hydrogen (secondary N) is 1. The molecule has 4 rings (SSSR count). The van der Waals surface area contributed by atoms with Crippen LogP contribution in [0.2, 0.25) is 0 Å². The molecule has 1 aliphatic rings. The first-order valence-corrected chi connectivity index (χ1v) is 8.83. The smallest absolute Gasteiger partial charge is 0.272 e. The van der Waals surface area contributed by atoms with E-state index in [2.05, 4.69) is 15.5 Å². The van der Waals surface area contributed by atoms with Gasteiger partial charge in [0.1, 0.15) is 0 Å². The molecule has 0 spiro atoms. The van der Waals surface area contributed by atoms with Crippen LogP contribution in [0.1, 0.15) is 40.5 Å². The van der Waals surface area contributed by atoms with Crippen molar-refractivity contribution in [1.82, 2.24) is 24.9 Å². The second-order valence-corrected chi connectivity index (χ2v) is 7.28. The number of benzene rings is 1. The second kappa shape index (κ2) is 6.25. The van der Waals surface area contributed by atoms with Gasteiger partial charge in [0.2, 0.25) is 0 Å². The molecule has 0 aliphatic heterocycles. The molecule has 1 aromatic carbocycles. The van der Waals surface area contributed by atoms with Crippen LogP contribution in [0.5, 0.6) is 0 Å². The minimum atomic E-state index is -0.283. The Labute approximate surface area is 151 Å². The highest BCUT2D eigenvalue weighted by atomic mass is 16.3. The van der Waals surface area contributed by atoms with E-state index in [1.807, 2.05) is 45.4 Å². The molecular weight excluding hydrogens is 330 g/mol. The molecule has 7 heteroatoms. The van der Waals surface area contributed by atoms with E-state index in [1.165, 1.54) is 0 Å². The van der Waals surface area contributed by atoms with Gasteiger partial charge in [-0.05, 0) is 37.8 Å². The lowest BCUT2D eigenvalue weighted by Crippen LogP contribution is -2.41. The molecule has 0 radical (unpaired) electrons. The van der Waals surface area contributed by atoms with Crippen molar-refractivity contribution in [3.63, 3.8) is 0 Å². The summed E-state index contributed by atoms with van der Waals surface area (Å²) < 4.78 is 3.46. The van der Waals surface area contributed by atoms with Crippen molar-refractivity contribution >= 4 is 16.8 Å². The molecule has 3 aromatic rings. The first kappa shape index (κ1) is 16.8. The van der Waals surface area contributed by atoms with Gasteiger partial charge in [-0.2, -0.15) is 10.2 Å². The van der Waals surface area contributed by atoms with Crippen LogP contribution in [-0.4, -0.2) is 36.7 Å². The number of nitrogens with zero attached hydrogens (tertiary/aromatic N) is 4. The molecule has 1 atom stereocenters. The van der Waals surface area contributed by atoms with Crippen molar-refractivity contribution < 1.29 is 9.90 Å². The summed E-state index contributed by atoms with van der Waals surface area (Å²) in [4.78, 5) is 13.0. The summed E-state index contributed by atoms with van der Waals surface area (Å²) >= 11 is 0. The fraction of sp³-hybridized carbons (Fsp3) is 0.421. The molecule has 2 heterocycles. The number of aliphatic hydroxyl groups is 1. The number of hydrogen-bond acceptors (Lipinski definition) is 4. The average Bonchev–Trinajstić information content (AvgIpc) is 3.13. The van der Waals surface area contributed by atoms with Crippen molar-refractivity contribution in [3.8, 4) is 0 Å². The topological polar surface area (TPSA) is 85.0 Å². The number of amides is 1. The van der Waals surface area contributed by atoms with Crippen LogP contribution < -0.4 is 5.32 Å². The standard InChI is InChI=1S/C19H23N5O2/c1-11-4-5-16-15(6-11)18(22-24(16)3)19(26)21-17(12-7-14(25)8-12)13-9-20-23(2)10-13/h4-6,9-10,12,14,17,25H,7-8H2,1-3H3,(H,21,26)/t12?,14?,17-/m1/s1. The van der Waals surface area contributed by atoms with E-state index >= 15 is 0 Å². The van der Waals surface area contributed by atoms with Crippen LogP contribution in [0.25, 0.3) is 10.9 Å². The first-order chi connectivity index (χ1) is 12.4. The van der Waals surface area contributed by atoms with E-state index in [1.54, 1.807) is 15.6 Å². The van der Waals surface area contributed by atoms with E-state index < -0.39 is 0 Å². The van der Waals surface area contributed by atoms with Crippen LogP contribution in [0.15, 0.2) is 30.6 Å². The number of rotatable bonds is 4. The summed E-state index contributed by atoms with van der Waals surface area (Å²) in [6.07, 6.45) is 4.77. The number of hydrogen-bond donors (Lipinski definition) is 2. The second-order valence-electron chi connectivity index (χ2n) is 7.28. The van der Waals surface area contributed by atoms with Gasteiger partial charge in [0, 0.05) is 31.2 Å². The van der Waals surface area contributed by atoms with Crippen LogP contribution in [-0.2, 0) is 14.1 Å². The molecule has 136 valence electrons. The van der Waals surface area contributed by atoms with Crippen molar-refractivity contribution in [2.45, 2.75) is 31.9 Å². The largest absolute Gasteiger partial charge is 0.393 e. The average molecular weight is 353 g/mol. The predicted octanol–water partition coefficient (Wildman–Crippen LogP) is 1.86. The maximum absolute atomic E-state index is 13.0. The van der Waals surface area contributed by atoms with Gasteiger partial charge in [-0.1, -0.05) is 11.6 Å². The Kier molecular flexibility index (Phi) is 4.03. The van der Waals surface area contributed by atoms with Crippen LogP contribution in [0.3, 0.4) is 0 Å². The lowest BCUT2D eigenvalue weighted by atomic mass is 9.75. The molecule has 0 bridgehead atoms. The van der Waals surface area contributed by atoms with Gasteiger partial charge in [0.15, 0.2) is 5.69 Å². The maximum atomic E-state index is 13.0. The Bertz CT molecular complexity index is 968. The lowest BCUT2D eigenvalue weighted by molar-refractivity contribution is 0.0234. The van der Waals surface area contributed by atoms with E-state index in [0.29, 0.717) is 18.5 Å². The van der Waals surface area contributed by atoms with Crippen LogP contribution in [0.4, 0.5) is 0 Å². The fourth-order valence-electron chi connectivity index (χ4n) is 3.73. The van der Waals surface area contributed by atoms with E-state index in [-0.39, 0.29) is 24.0 Å². The number of aryl methyl sites for hydroxylation is 3. The number of carbonyl (C=O) groups excluding carboxylic acids is 1. The molecular formula is C19H23N5O2. The van der Waals surface area contributed by atoms with E-state index in [9.17, 15) is 9.90 Å².